The fraction of sp³-hybridized carbons (Fsp3) is 0.455. The summed E-state index contributed by atoms with van der Waals surface area (Å²) in [5, 5.41) is 0.561. The summed E-state index contributed by atoms with van der Waals surface area (Å²) in [7, 11) is -3.43. The third-order valence-corrected chi connectivity index (χ3v) is 5.14. The molecule has 0 aliphatic heterocycles. The lowest BCUT2D eigenvalue weighted by atomic mass is 10.1. The minimum atomic E-state index is -3.43. The molecule has 1 N–H and O–H groups in total. The molecule has 0 amide bonds. The van der Waals surface area contributed by atoms with Crippen LogP contribution in [0.15, 0.2) is 29.2 Å². The van der Waals surface area contributed by atoms with Crippen molar-refractivity contribution < 1.29 is 8.42 Å². The van der Waals surface area contributed by atoms with Gasteiger partial charge in [-0.2, -0.15) is 0 Å². The van der Waals surface area contributed by atoms with E-state index in [1.807, 2.05) is 26.8 Å². The fourth-order valence-electron chi connectivity index (χ4n) is 1.23. The monoisotopic (exact) mass is 305 g/mol. The Morgan fingerprint density at radius 2 is 2.00 bits per heavy atom. The molecule has 3 nitrogen and oxygen atoms in total. The van der Waals surface area contributed by atoms with Crippen molar-refractivity contribution in [3.05, 3.63) is 29.8 Å². The highest BCUT2D eigenvalue weighted by Gasteiger charge is 2.24. The molecule has 0 atom stereocenters. The van der Waals surface area contributed by atoms with Gasteiger partial charge in [0.05, 0.1) is 4.90 Å². The van der Waals surface area contributed by atoms with E-state index in [1.54, 1.807) is 18.2 Å². The predicted octanol–water partition coefficient (Wildman–Crippen LogP) is 2.45. The molecule has 0 radical (unpaired) electrons. The van der Waals surface area contributed by atoms with Crippen molar-refractivity contribution in [3.8, 4) is 0 Å². The molecule has 0 fully saturated rings. The van der Waals surface area contributed by atoms with Crippen LogP contribution in [0.25, 0.3) is 0 Å². The number of halogens is 1. The van der Waals surface area contributed by atoms with Crippen molar-refractivity contribution in [2.24, 2.45) is 0 Å². The summed E-state index contributed by atoms with van der Waals surface area (Å²) in [6, 6.07) is 6.87. The Balaban J connectivity index is 3.04. The minimum Gasteiger partial charge on any atom is -0.207 e. The Morgan fingerprint density at radius 1 is 1.38 bits per heavy atom. The Kier molecular flexibility index (Phi) is 4.15. The van der Waals surface area contributed by atoms with Gasteiger partial charge in [-0.15, -0.1) is 0 Å². The molecule has 0 saturated heterocycles. The molecule has 0 bridgehead atoms. The van der Waals surface area contributed by atoms with E-state index in [1.165, 1.54) is 0 Å². The Bertz CT molecular complexity index is 469. The number of hydrogen-bond donors (Lipinski definition) is 1. The normalized spacial score (nSPS) is 12.8. The fourth-order valence-corrected chi connectivity index (χ4v) is 3.07. The van der Waals surface area contributed by atoms with Crippen LogP contribution >= 0.6 is 15.9 Å². The SMILES string of the molecule is Cc1cccc(S(=O)(=O)NC(C)(C)CBr)c1. The van der Waals surface area contributed by atoms with Crippen LogP contribution in [0, 0.1) is 6.92 Å². The molecule has 1 rings (SSSR count). The summed E-state index contributed by atoms with van der Waals surface area (Å²) in [5.74, 6) is 0. The number of alkyl halides is 1. The molecule has 0 saturated carbocycles. The van der Waals surface area contributed by atoms with Gasteiger partial charge >= 0.3 is 0 Å². The first-order valence-electron chi connectivity index (χ1n) is 4.93. The highest BCUT2D eigenvalue weighted by molar-refractivity contribution is 9.09. The maximum absolute atomic E-state index is 12.0. The van der Waals surface area contributed by atoms with Gasteiger partial charge in [0.1, 0.15) is 0 Å². The van der Waals surface area contributed by atoms with Gasteiger partial charge in [0.15, 0.2) is 0 Å². The maximum atomic E-state index is 12.0. The summed E-state index contributed by atoms with van der Waals surface area (Å²) in [6.07, 6.45) is 0. The van der Waals surface area contributed by atoms with Crippen molar-refractivity contribution in [2.75, 3.05) is 5.33 Å². The summed E-state index contributed by atoms with van der Waals surface area (Å²) >= 11 is 3.28. The zero-order valence-corrected chi connectivity index (χ0v) is 12.0. The average Bonchev–Trinajstić information content (AvgIpc) is 2.16. The van der Waals surface area contributed by atoms with Gasteiger partial charge in [-0.25, -0.2) is 13.1 Å². The Labute approximate surface area is 105 Å². The number of nitrogens with one attached hydrogen (secondary N) is 1. The highest BCUT2D eigenvalue weighted by atomic mass is 79.9. The van der Waals surface area contributed by atoms with Crippen molar-refractivity contribution in [1.82, 2.24) is 4.72 Å². The van der Waals surface area contributed by atoms with Gasteiger partial charge in [-0.3, -0.25) is 0 Å². The van der Waals surface area contributed by atoms with E-state index >= 15 is 0 Å². The van der Waals surface area contributed by atoms with E-state index in [0.717, 1.165) is 5.56 Å². The van der Waals surface area contributed by atoms with Crippen LogP contribution in [-0.2, 0) is 10.0 Å². The standard InChI is InChI=1S/C11H16BrNO2S/c1-9-5-4-6-10(7-9)16(14,15)13-11(2,3)8-12/h4-7,13H,8H2,1-3H3. The molecule has 1 aromatic carbocycles. The number of rotatable bonds is 4. The van der Waals surface area contributed by atoms with Gasteiger partial charge in [-0.05, 0) is 38.5 Å². The third kappa shape index (κ3) is 3.57. The molecular formula is C11H16BrNO2S. The van der Waals surface area contributed by atoms with Crippen LogP contribution < -0.4 is 4.72 Å². The van der Waals surface area contributed by atoms with Crippen LogP contribution in [0.1, 0.15) is 19.4 Å². The van der Waals surface area contributed by atoms with E-state index < -0.39 is 15.6 Å². The maximum Gasteiger partial charge on any atom is 0.241 e. The summed E-state index contributed by atoms with van der Waals surface area (Å²) in [5.41, 5.74) is 0.433. The lowest BCUT2D eigenvalue weighted by Gasteiger charge is -2.23. The van der Waals surface area contributed by atoms with Gasteiger partial charge in [0, 0.05) is 10.9 Å². The number of benzene rings is 1. The van der Waals surface area contributed by atoms with Crippen LogP contribution in [0.5, 0.6) is 0 Å². The highest BCUT2D eigenvalue weighted by Crippen LogP contribution is 2.15. The Morgan fingerprint density at radius 3 is 2.50 bits per heavy atom. The lowest BCUT2D eigenvalue weighted by molar-refractivity contribution is 0.500. The first-order valence-corrected chi connectivity index (χ1v) is 7.54. The Hall–Kier alpha value is -0.390. The summed E-state index contributed by atoms with van der Waals surface area (Å²) in [6.45, 7) is 5.53. The van der Waals surface area contributed by atoms with Crippen molar-refractivity contribution in [2.45, 2.75) is 31.2 Å². The van der Waals surface area contributed by atoms with Crippen molar-refractivity contribution >= 4 is 26.0 Å². The van der Waals surface area contributed by atoms with Gasteiger partial charge in [0.25, 0.3) is 0 Å². The van der Waals surface area contributed by atoms with E-state index in [0.29, 0.717) is 10.2 Å². The van der Waals surface area contributed by atoms with Crippen LogP contribution in [0.4, 0.5) is 0 Å². The molecule has 90 valence electrons. The molecule has 0 aliphatic carbocycles. The van der Waals surface area contributed by atoms with E-state index in [-0.39, 0.29) is 0 Å². The van der Waals surface area contributed by atoms with E-state index in [9.17, 15) is 8.42 Å². The summed E-state index contributed by atoms with van der Waals surface area (Å²) in [4.78, 5) is 0.307. The van der Waals surface area contributed by atoms with E-state index in [4.69, 9.17) is 0 Å². The quantitative estimate of drug-likeness (QED) is 0.869. The van der Waals surface area contributed by atoms with Crippen molar-refractivity contribution in [3.63, 3.8) is 0 Å². The second kappa shape index (κ2) is 4.85. The van der Waals surface area contributed by atoms with Crippen LogP contribution in [-0.4, -0.2) is 19.3 Å². The largest absolute Gasteiger partial charge is 0.241 e. The molecule has 5 heteroatoms. The van der Waals surface area contributed by atoms with Crippen LogP contribution in [0.2, 0.25) is 0 Å². The predicted molar refractivity (Wildman–Crippen MR) is 69.4 cm³/mol. The zero-order valence-electron chi connectivity index (χ0n) is 9.62. The van der Waals surface area contributed by atoms with Crippen molar-refractivity contribution in [1.29, 1.82) is 0 Å². The van der Waals surface area contributed by atoms with Gasteiger partial charge in [-0.1, -0.05) is 28.1 Å². The average molecular weight is 306 g/mol. The number of hydrogen-bond acceptors (Lipinski definition) is 2. The molecule has 0 aromatic heterocycles. The molecule has 0 spiro atoms. The molecule has 0 heterocycles. The van der Waals surface area contributed by atoms with Gasteiger partial charge in [0.2, 0.25) is 10.0 Å². The molecular weight excluding hydrogens is 290 g/mol. The second-order valence-corrected chi connectivity index (χ2v) is 6.68. The zero-order chi connectivity index (χ0) is 12.4. The smallest absolute Gasteiger partial charge is 0.207 e. The molecule has 0 unspecified atom stereocenters. The molecule has 1 aromatic rings. The number of sulfonamides is 1. The van der Waals surface area contributed by atoms with E-state index in [2.05, 4.69) is 20.7 Å². The number of aryl methyl sites for hydroxylation is 1. The second-order valence-electron chi connectivity index (χ2n) is 4.44. The summed E-state index contributed by atoms with van der Waals surface area (Å²) < 4.78 is 26.7. The van der Waals surface area contributed by atoms with Gasteiger partial charge < -0.3 is 0 Å². The molecule has 16 heavy (non-hydrogen) atoms. The third-order valence-electron chi connectivity index (χ3n) is 2.04. The molecule has 0 aliphatic rings. The lowest BCUT2D eigenvalue weighted by Crippen LogP contribution is -2.44. The van der Waals surface area contributed by atoms with Crippen LogP contribution in [0.3, 0.4) is 0 Å². The first-order chi connectivity index (χ1) is 7.27. The topological polar surface area (TPSA) is 46.2 Å². The minimum absolute atomic E-state index is 0.307. The first kappa shape index (κ1) is 13.7.